The molecule has 2 amide bonds. The lowest BCUT2D eigenvalue weighted by Gasteiger charge is -2.11. The van der Waals surface area contributed by atoms with Crippen LogP contribution in [-0.4, -0.2) is 72.3 Å². The summed E-state index contributed by atoms with van der Waals surface area (Å²) >= 11 is 11.0. The lowest BCUT2D eigenvalue weighted by molar-refractivity contribution is -0.139. The number of nitrogens with one attached hydrogen (secondary N) is 2. The number of sulfonamides is 1. The molecule has 3 rings (SSSR count). The van der Waals surface area contributed by atoms with Crippen molar-refractivity contribution >= 4 is 62.8 Å². The topological polar surface area (TPSA) is 235 Å². The number of hydrogen-bond acceptors (Lipinski definition) is 13. The summed E-state index contributed by atoms with van der Waals surface area (Å²) < 4.78 is 53.5. The largest absolute Gasteiger partial charge is 0.479 e. The van der Waals surface area contributed by atoms with Crippen LogP contribution in [0.5, 0.6) is 11.9 Å². The fourth-order valence-corrected chi connectivity index (χ4v) is 4.10. The van der Waals surface area contributed by atoms with Gasteiger partial charge in [0.05, 0.1) is 25.5 Å². The second-order valence-corrected chi connectivity index (χ2v) is 9.58. The number of pyridine rings is 1. The summed E-state index contributed by atoms with van der Waals surface area (Å²) in [5.74, 6) is -3.53. The molecule has 41 heavy (non-hydrogen) atoms. The number of aryl methyl sites for hydroxylation is 1. The molecule has 0 unspecified atom stereocenters. The molecule has 5 N–H and O–H groups in total. The zero-order chi connectivity index (χ0) is 30.9. The van der Waals surface area contributed by atoms with Crippen molar-refractivity contribution in [2.75, 3.05) is 31.9 Å². The zero-order valence-electron chi connectivity index (χ0n) is 21.1. The van der Waals surface area contributed by atoms with Gasteiger partial charge < -0.3 is 25.1 Å². The molecule has 16 nitrogen and oxygen atoms in total. The Morgan fingerprint density at radius 2 is 1.73 bits per heavy atom. The molecule has 0 saturated heterocycles. The number of halogens is 3. The first-order valence-corrected chi connectivity index (χ1v) is 12.9. The number of anilines is 2. The van der Waals surface area contributed by atoms with Gasteiger partial charge in [-0.1, -0.05) is 35.3 Å². The summed E-state index contributed by atoms with van der Waals surface area (Å²) in [6, 6.07) is 4.12. The number of rotatable bonds is 8. The quantitative estimate of drug-likeness (QED) is 0.205. The van der Waals surface area contributed by atoms with Gasteiger partial charge in [-0.05, 0) is 19.1 Å². The summed E-state index contributed by atoms with van der Waals surface area (Å²) in [5.41, 5.74) is 4.86. The average molecular weight is 636 g/mol. The van der Waals surface area contributed by atoms with Gasteiger partial charge in [-0.3, -0.25) is 5.32 Å². The van der Waals surface area contributed by atoms with Crippen molar-refractivity contribution in [1.82, 2.24) is 24.7 Å². The van der Waals surface area contributed by atoms with E-state index in [1.54, 1.807) is 4.72 Å². The maximum absolute atomic E-state index is 12.9. The third kappa shape index (κ3) is 8.98. The number of urea groups is 1. The molecule has 220 valence electrons. The number of aliphatic carboxylic acids is 1. The summed E-state index contributed by atoms with van der Waals surface area (Å²) in [6.07, 6.45) is 0. The van der Waals surface area contributed by atoms with E-state index in [9.17, 15) is 27.2 Å². The molecule has 1 aromatic carbocycles. The number of hydrogen-bond donors (Lipinski definition) is 4. The zero-order valence-corrected chi connectivity index (χ0v) is 23.5. The Labute approximate surface area is 241 Å². The van der Waals surface area contributed by atoms with Gasteiger partial charge in [0.2, 0.25) is 17.8 Å². The number of benzene rings is 1. The van der Waals surface area contributed by atoms with E-state index >= 15 is 0 Å². The van der Waals surface area contributed by atoms with Crippen LogP contribution in [0.1, 0.15) is 16.2 Å². The van der Waals surface area contributed by atoms with Gasteiger partial charge >= 0.3 is 24.0 Å². The molecule has 0 radical (unpaired) electrons. The molecule has 2 aromatic heterocycles. The van der Waals surface area contributed by atoms with Gasteiger partial charge in [-0.2, -0.15) is 24.3 Å². The average Bonchev–Trinajstić information content (AvgIpc) is 2.92. The van der Waals surface area contributed by atoms with Gasteiger partial charge in [-0.15, -0.1) is 0 Å². The molecular weight excluding hydrogens is 616 g/mol. The molecule has 20 heteroatoms. The fraction of sp³-hybridized carbons (Fsp3) is 0.190. The third-order valence-electron chi connectivity index (χ3n) is 4.32. The van der Waals surface area contributed by atoms with Crippen LogP contribution in [0.3, 0.4) is 0 Å². The standard InChI is InChI=1S/C14H15N5O6S.C7H5Cl2FN2O3/c1-8-15-12(18-14(16-8)25-3)17-13(21)19-26(22,23)10-7-5-4-6-9(10)11(20)24-2;8-3-5(11)4(9)7(12-6(3)10)15-1-2(13)14/h4-7H,1-3H3,(H2,15,16,17,18,19,21);1H2,(H2,11,12)(H,13,14). The SMILES string of the molecule is COC(=O)c1ccccc1S(=O)(=O)NC(=O)Nc1nc(C)nc(OC)n1.Nc1c(Cl)c(F)nc(OCC(=O)O)c1Cl. The minimum absolute atomic E-state index is 0.0494. The lowest BCUT2D eigenvalue weighted by Crippen LogP contribution is -2.35. The van der Waals surface area contributed by atoms with Crippen molar-refractivity contribution in [1.29, 1.82) is 0 Å². The van der Waals surface area contributed by atoms with Gasteiger partial charge in [0.15, 0.2) is 6.61 Å². The van der Waals surface area contributed by atoms with Crippen LogP contribution in [0.2, 0.25) is 10.0 Å². The van der Waals surface area contributed by atoms with Crippen molar-refractivity contribution in [2.45, 2.75) is 11.8 Å². The van der Waals surface area contributed by atoms with E-state index in [2.05, 4.69) is 34.7 Å². The number of amides is 2. The highest BCUT2D eigenvalue weighted by Crippen LogP contribution is 2.35. The van der Waals surface area contributed by atoms with Gasteiger partial charge in [0, 0.05) is 0 Å². The van der Waals surface area contributed by atoms with Gasteiger partial charge in [0.1, 0.15) is 20.8 Å². The maximum atomic E-state index is 12.9. The highest BCUT2D eigenvalue weighted by Gasteiger charge is 2.25. The molecule has 0 atom stereocenters. The van der Waals surface area contributed by atoms with Crippen LogP contribution in [0.25, 0.3) is 0 Å². The second kappa shape index (κ2) is 14.2. The predicted molar refractivity (Wildman–Crippen MR) is 140 cm³/mol. The number of carbonyl (C=O) groups is 3. The maximum Gasteiger partial charge on any atom is 0.341 e. The van der Waals surface area contributed by atoms with Crippen LogP contribution in [0.4, 0.5) is 20.8 Å². The van der Waals surface area contributed by atoms with Crippen LogP contribution in [-0.2, 0) is 19.6 Å². The van der Waals surface area contributed by atoms with Crippen LogP contribution in [0.15, 0.2) is 29.2 Å². The van der Waals surface area contributed by atoms with E-state index < -0.39 is 56.3 Å². The number of nitrogens with two attached hydrogens (primary N) is 1. The minimum Gasteiger partial charge on any atom is -0.479 e. The van der Waals surface area contributed by atoms with Crippen LogP contribution < -0.4 is 25.2 Å². The number of esters is 1. The summed E-state index contributed by atoms with van der Waals surface area (Å²) in [4.78, 5) is 48.1. The fourth-order valence-electron chi connectivity index (χ4n) is 2.62. The molecule has 0 fully saturated rings. The Balaban J connectivity index is 0.000000333. The lowest BCUT2D eigenvalue weighted by atomic mass is 10.2. The molecule has 0 bridgehead atoms. The van der Waals surface area contributed by atoms with Crippen LogP contribution in [0, 0.1) is 12.9 Å². The summed E-state index contributed by atoms with van der Waals surface area (Å²) in [7, 11) is -1.92. The van der Waals surface area contributed by atoms with E-state index in [0.717, 1.165) is 13.2 Å². The van der Waals surface area contributed by atoms with E-state index in [4.69, 9.17) is 38.8 Å². The first-order chi connectivity index (χ1) is 19.2. The van der Waals surface area contributed by atoms with Gasteiger partial charge in [0.25, 0.3) is 10.0 Å². The molecule has 0 saturated carbocycles. The highest BCUT2D eigenvalue weighted by molar-refractivity contribution is 7.90. The first kappa shape index (κ1) is 32.7. The summed E-state index contributed by atoms with van der Waals surface area (Å²) in [5, 5.41) is 9.82. The number of nitrogen functional groups attached to an aromatic ring is 1. The van der Waals surface area contributed by atoms with Crippen LogP contribution >= 0.6 is 23.2 Å². The number of nitrogens with zero attached hydrogens (tertiary/aromatic N) is 4. The van der Waals surface area contributed by atoms with Crippen molar-refractivity contribution in [3.8, 4) is 11.9 Å². The van der Waals surface area contributed by atoms with Gasteiger partial charge in [-0.25, -0.2) is 27.5 Å². The number of aromatic nitrogens is 4. The van der Waals surface area contributed by atoms with E-state index in [1.165, 1.54) is 32.2 Å². The number of methoxy groups -OCH3 is 2. The third-order valence-corrected chi connectivity index (χ3v) is 6.43. The normalized spacial score (nSPS) is 10.5. The Bertz CT molecular complexity index is 1580. The first-order valence-electron chi connectivity index (χ1n) is 10.6. The predicted octanol–water partition coefficient (Wildman–Crippen LogP) is 2.06. The minimum atomic E-state index is -4.36. The Kier molecular flexibility index (Phi) is 11.3. The van der Waals surface area contributed by atoms with Crippen molar-refractivity contribution in [2.24, 2.45) is 0 Å². The number of carboxylic acids is 1. The molecule has 2 heterocycles. The Morgan fingerprint density at radius 1 is 1.07 bits per heavy atom. The Hall–Kier alpha value is -4.55. The number of ether oxygens (including phenoxy) is 3. The summed E-state index contributed by atoms with van der Waals surface area (Å²) in [6.45, 7) is 0.837. The van der Waals surface area contributed by atoms with Crippen molar-refractivity contribution in [3.63, 3.8) is 0 Å². The number of carboxylic acid groups (broad SMARTS) is 1. The second-order valence-electron chi connectivity index (χ2n) is 7.17. The van der Waals surface area contributed by atoms with Crippen molar-refractivity contribution in [3.05, 3.63) is 51.6 Å². The molecule has 0 aliphatic carbocycles. The smallest absolute Gasteiger partial charge is 0.341 e. The number of carbonyl (C=O) groups excluding carboxylic acids is 2. The highest BCUT2D eigenvalue weighted by atomic mass is 35.5. The van der Waals surface area contributed by atoms with Crippen molar-refractivity contribution < 1.29 is 46.5 Å². The molecular formula is C21H20Cl2FN7O9S. The Morgan fingerprint density at radius 3 is 2.34 bits per heavy atom. The molecule has 0 spiro atoms. The van der Waals surface area contributed by atoms with E-state index in [0.29, 0.717) is 0 Å². The molecule has 0 aliphatic rings. The molecule has 0 aliphatic heterocycles. The molecule has 3 aromatic rings. The van der Waals surface area contributed by atoms with E-state index in [-0.39, 0.29) is 34.1 Å². The monoisotopic (exact) mass is 635 g/mol. The van der Waals surface area contributed by atoms with E-state index in [1.807, 2.05) is 0 Å².